The summed E-state index contributed by atoms with van der Waals surface area (Å²) in [5, 5.41) is 16.2. The lowest BCUT2D eigenvalue weighted by molar-refractivity contribution is -0.274. The Hall–Kier alpha value is -4.35. The first kappa shape index (κ1) is 24.8. The third-order valence-electron chi connectivity index (χ3n) is 5.50. The van der Waals surface area contributed by atoms with Gasteiger partial charge in [-0.05, 0) is 42.8 Å². The summed E-state index contributed by atoms with van der Waals surface area (Å²) >= 11 is 0. The highest BCUT2D eigenvalue weighted by atomic mass is 19.4. The molecule has 1 aliphatic heterocycles. The number of rotatable bonds is 6. The molecule has 0 bridgehead atoms. The second kappa shape index (κ2) is 9.36. The van der Waals surface area contributed by atoms with Crippen LogP contribution in [0.1, 0.15) is 46.3 Å². The number of fused-ring (bicyclic) bond motifs is 1. The third kappa shape index (κ3) is 5.32. The topological polar surface area (TPSA) is 114 Å². The molecule has 2 aromatic carbocycles. The van der Waals surface area contributed by atoms with E-state index in [4.69, 9.17) is 0 Å². The Bertz CT molecular complexity index is 1350. The fourth-order valence-electron chi connectivity index (χ4n) is 4.06. The molecular formula is C24H21F3N4O5. The van der Waals surface area contributed by atoms with Gasteiger partial charge in [-0.1, -0.05) is 12.1 Å². The number of carbonyl (C=O) groups is 3. The van der Waals surface area contributed by atoms with Gasteiger partial charge in [0.25, 0.3) is 5.91 Å². The molecule has 9 nitrogen and oxygen atoms in total. The van der Waals surface area contributed by atoms with Crippen molar-refractivity contribution >= 4 is 23.5 Å². The minimum absolute atomic E-state index is 0.0436. The highest BCUT2D eigenvalue weighted by Crippen LogP contribution is 2.35. The molecular weight excluding hydrogens is 481 g/mol. The summed E-state index contributed by atoms with van der Waals surface area (Å²) in [5.74, 6) is -2.44. The first-order chi connectivity index (χ1) is 16.9. The zero-order chi connectivity index (χ0) is 26.2. The van der Waals surface area contributed by atoms with E-state index in [-0.39, 0.29) is 41.1 Å². The number of aromatic carboxylic acids is 1. The molecule has 0 fully saturated rings. The van der Waals surface area contributed by atoms with Crippen molar-refractivity contribution in [2.75, 3.05) is 11.9 Å². The fourth-order valence-corrected chi connectivity index (χ4v) is 4.06. The summed E-state index contributed by atoms with van der Waals surface area (Å²) in [6.45, 7) is 3.55. The van der Waals surface area contributed by atoms with Gasteiger partial charge in [-0.15, -0.1) is 13.2 Å². The minimum atomic E-state index is -4.90. The molecule has 2 heterocycles. The van der Waals surface area contributed by atoms with E-state index in [1.165, 1.54) is 35.9 Å². The molecule has 12 heteroatoms. The van der Waals surface area contributed by atoms with Crippen LogP contribution in [-0.2, 0) is 11.3 Å². The molecule has 0 aliphatic carbocycles. The summed E-state index contributed by atoms with van der Waals surface area (Å²) in [5.41, 5.74) is 1.65. The van der Waals surface area contributed by atoms with Crippen LogP contribution in [0.2, 0.25) is 0 Å². The van der Waals surface area contributed by atoms with Crippen molar-refractivity contribution in [3.05, 3.63) is 65.4 Å². The maximum absolute atomic E-state index is 13.2. The normalized spacial score (nSPS) is 15.4. The Morgan fingerprint density at radius 1 is 1.19 bits per heavy atom. The lowest BCUT2D eigenvalue weighted by Gasteiger charge is -2.31. The van der Waals surface area contributed by atoms with Crippen LogP contribution in [0, 0.1) is 0 Å². The number of anilines is 1. The number of carboxylic acid groups (broad SMARTS) is 1. The lowest BCUT2D eigenvalue weighted by atomic mass is 10.1. The zero-order valence-corrected chi connectivity index (χ0v) is 19.2. The largest absolute Gasteiger partial charge is 0.573 e. The number of nitrogens with zero attached hydrogens (tertiary/aromatic N) is 3. The number of aromatic nitrogens is 2. The van der Waals surface area contributed by atoms with Crippen LogP contribution in [-0.4, -0.2) is 50.5 Å². The number of benzene rings is 2. The number of nitrogens with one attached hydrogen (secondary N) is 1. The Morgan fingerprint density at radius 3 is 2.61 bits per heavy atom. The number of carboxylic acids is 1. The van der Waals surface area contributed by atoms with Crippen LogP contribution < -0.4 is 10.1 Å². The van der Waals surface area contributed by atoms with Crippen molar-refractivity contribution in [1.29, 1.82) is 0 Å². The number of hydrogen-bond acceptors (Lipinski definition) is 5. The van der Waals surface area contributed by atoms with Gasteiger partial charge in [0.05, 0.1) is 23.0 Å². The van der Waals surface area contributed by atoms with Crippen molar-refractivity contribution in [2.24, 2.45) is 0 Å². The van der Waals surface area contributed by atoms with Crippen LogP contribution in [0.15, 0.2) is 48.5 Å². The van der Waals surface area contributed by atoms with Gasteiger partial charge < -0.3 is 20.1 Å². The number of alkyl halides is 3. The standard InChI is InChI=1S/C24H21F3N4O5/c1-13-11-30(12-15-4-3-5-16(8-15)23(34)35)22(33)21-10-20(29-31(13)21)18-7-6-17(36-24(25,26)27)9-19(18)28-14(2)32/h3-10,13H,11-12H2,1-2H3,(H,28,32)(H,34,35)/t13-/m0/s1. The minimum Gasteiger partial charge on any atom is -0.478 e. The Kier molecular flexibility index (Phi) is 6.44. The van der Waals surface area contributed by atoms with Gasteiger partial charge in [0.2, 0.25) is 5.91 Å². The van der Waals surface area contributed by atoms with Crippen molar-refractivity contribution in [2.45, 2.75) is 32.8 Å². The quantitative estimate of drug-likeness (QED) is 0.519. The van der Waals surface area contributed by atoms with E-state index in [1.807, 2.05) is 6.92 Å². The third-order valence-corrected chi connectivity index (χ3v) is 5.50. The first-order valence-electron chi connectivity index (χ1n) is 10.8. The van der Waals surface area contributed by atoms with E-state index in [2.05, 4.69) is 15.2 Å². The Labute approximate surface area is 203 Å². The molecule has 0 spiro atoms. The number of amides is 2. The van der Waals surface area contributed by atoms with Gasteiger partial charge in [0, 0.05) is 31.6 Å². The molecule has 1 atom stereocenters. The van der Waals surface area contributed by atoms with Crippen LogP contribution in [0.5, 0.6) is 5.75 Å². The highest BCUT2D eigenvalue weighted by Gasteiger charge is 2.33. The van der Waals surface area contributed by atoms with Gasteiger partial charge in [-0.3, -0.25) is 14.3 Å². The summed E-state index contributed by atoms with van der Waals surface area (Å²) in [4.78, 5) is 37.8. The van der Waals surface area contributed by atoms with Gasteiger partial charge in [-0.2, -0.15) is 5.10 Å². The van der Waals surface area contributed by atoms with Crippen LogP contribution in [0.25, 0.3) is 11.3 Å². The summed E-state index contributed by atoms with van der Waals surface area (Å²) in [6.07, 6.45) is -4.90. The van der Waals surface area contributed by atoms with Gasteiger partial charge >= 0.3 is 12.3 Å². The molecule has 36 heavy (non-hydrogen) atoms. The molecule has 0 saturated carbocycles. The predicted octanol–water partition coefficient (Wildman–Crippen LogP) is 4.32. The molecule has 3 aromatic rings. The van der Waals surface area contributed by atoms with E-state index >= 15 is 0 Å². The molecule has 2 N–H and O–H groups in total. The van der Waals surface area contributed by atoms with Crippen LogP contribution in [0.3, 0.4) is 0 Å². The molecule has 1 aliphatic rings. The predicted molar refractivity (Wildman–Crippen MR) is 122 cm³/mol. The number of hydrogen-bond donors (Lipinski definition) is 2. The second-order valence-electron chi connectivity index (χ2n) is 8.34. The molecule has 0 saturated heterocycles. The van der Waals surface area contributed by atoms with Crippen molar-refractivity contribution in [3.63, 3.8) is 0 Å². The van der Waals surface area contributed by atoms with Gasteiger partial charge in [0.1, 0.15) is 11.4 Å². The molecule has 2 amide bonds. The number of halogens is 3. The van der Waals surface area contributed by atoms with E-state index in [1.54, 1.807) is 17.0 Å². The highest BCUT2D eigenvalue weighted by molar-refractivity contribution is 5.97. The Morgan fingerprint density at radius 2 is 1.94 bits per heavy atom. The summed E-state index contributed by atoms with van der Waals surface area (Å²) < 4.78 is 43.5. The average molecular weight is 502 g/mol. The van der Waals surface area contributed by atoms with Gasteiger partial charge in [-0.25, -0.2) is 4.79 Å². The fraction of sp³-hybridized carbons (Fsp3) is 0.250. The maximum atomic E-state index is 13.2. The summed E-state index contributed by atoms with van der Waals surface area (Å²) in [6, 6.07) is 11.0. The maximum Gasteiger partial charge on any atom is 0.573 e. The van der Waals surface area contributed by atoms with Crippen LogP contribution >= 0.6 is 0 Å². The molecule has 1 aromatic heterocycles. The Balaban J connectivity index is 1.66. The summed E-state index contributed by atoms with van der Waals surface area (Å²) in [7, 11) is 0. The van der Waals surface area contributed by atoms with Crippen molar-refractivity contribution in [1.82, 2.24) is 14.7 Å². The van der Waals surface area contributed by atoms with E-state index < -0.39 is 24.0 Å². The molecule has 0 radical (unpaired) electrons. The number of ether oxygens (including phenoxy) is 1. The zero-order valence-electron chi connectivity index (χ0n) is 19.2. The lowest BCUT2D eigenvalue weighted by Crippen LogP contribution is -2.41. The second-order valence-corrected chi connectivity index (χ2v) is 8.34. The molecule has 0 unspecified atom stereocenters. The smallest absolute Gasteiger partial charge is 0.478 e. The SMILES string of the molecule is CC(=O)Nc1cc(OC(F)(F)F)ccc1-c1cc2n(n1)[C@@H](C)CN(Cc1cccc(C(=O)O)c1)C2=O. The van der Waals surface area contributed by atoms with E-state index in [0.29, 0.717) is 17.7 Å². The number of carbonyl (C=O) groups excluding carboxylic acids is 2. The van der Waals surface area contributed by atoms with Crippen molar-refractivity contribution < 1.29 is 37.4 Å². The van der Waals surface area contributed by atoms with Gasteiger partial charge in [0.15, 0.2) is 0 Å². The van der Waals surface area contributed by atoms with E-state index in [9.17, 15) is 32.7 Å². The first-order valence-corrected chi connectivity index (χ1v) is 10.8. The van der Waals surface area contributed by atoms with Crippen molar-refractivity contribution in [3.8, 4) is 17.0 Å². The van der Waals surface area contributed by atoms with E-state index in [0.717, 1.165) is 12.1 Å². The molecule has 188 valence electrons. The van der Waals surface area contributed by atoms with Crippen LogP contribution in [0.4, 0.5) is 18.9 Å². The average Bonchev–Trinajstić information content (AvgIpc) is 3.22. The molecule has 4 rings (SSSR count). The monoisotopic (exact) mass is 502 g/mol.